The number of hydrogen-bond donors (Lipinski definition) is 2. The van der Waals surface area contributed by atoms with Gasteiger partial charge in [0.05, 0.1) is 17.5 Å². The first kappa shape index (κ1) is 14.0. The van der Waals surface area contributed by atoms with Gasteiger partial charge in [0.15, 0.2) is 0 Å². The third-order valence-electron chi connectivity index (χ3n) is 4.01. The maximum Gasteiger partial charge on any atom is 0.225 e. The van der Waals surface area contributed by atoms with Gasteiger partial charge in [0, 0.05) is 4.88 Å². The predicted molar refractivity (Wildman–Crippen MR) is 83.7 cm³/mol. The smallest absolute Gasteiger partial charge is 0.225 e. The minimum atomic E-state index is -0.251. The summed E-state index contributed by atoms with van der Waals surface area (Å²) < 4.78 is 0. The number of thiophene rings is 1. The van der Waals surface area contributed by atoms with Crippen LogP contribution in [0.1, 0.15) is 37.5 Å². The second-order valence-corrected chi connectivity index (χ2v) is 6.85. The topological polar surface area (TPSA) is 58.0 Å². The minimum Gasteiger partial charge on any atom is -0.394 e. The third-order valence-corrected chi connectivity index (χ3v) is 5.35. The summed E-state index contributed by atoms with van der Waals surface area (Å²) in [5.41, 5.74) is -0.251. The third kappa shape index (κ3) is 2.50. The molecule has 0 saturated heterocycles. The number of anilines is 1. The van der Waals surface area contributed by atoms with Gasteiger partial charge < -0.3 is 10.4 Å². The monoisotopic (exact) mass is 311 g/mol. The molecule has 2 N–H and O–H groups in total. The van der Waals surface area contributed by atoms with Crippen molar-refractivity contribution in [2.24, 2.45) is 0 Å². The first-order valence-electron chi connectivity index (χ1n) is 7.01. The number of fused-ring (bicyclic) bond motifs is 1. The molecule has 0 spiro atoms. The summed E-state index contributed by atoms with van der Waals surface area (Å²) in [5, 5.41) is 14.5. The molecule has 1 saturated carbocycles. The van der Waals surface area contributed by atoms with Crippen LogP contribution in [0.25, 0.3) is 10.2 Å². The zero-order chi connectivity index (χ0) is 14.2. The van der Waals surface area contributed by atoms with Crippen molar-refractivity contribution in [2.75, 3.05) is 11.9 Å². The lowest BCUT2D eigenvalue weighted by Crippen LogP contribution is -2.39. The molecule has 1 fully saturated rings. The van der Waals surface area contributed by atoms with E-state index in [1.165, 1.54) is 4.88 Å². The molecule has 0 radical (unpaired) electrons. The molecular formula is C14H18ClN3OS. The van der Waals surface area contributed by atoms with E-state index in [2.05, 4.69) is 28.3 Å². The van der Waals surface area contributed by atoms with Gasteiger partial charge in [-0.25, -0.2) is 9.97 Å². The van der Waals surface area contributed by atoms with Crippen molar-refractivity contribution in [3.05, 3.63) is 16.2 Å². The van der Waals surface area contributed by atoms with Crippen LogP contribution in [-0.2, 0) is 6.42 Å². The van der Waals surface area contributed by atoms with E-state index < -0.39 is 0 Å². The van der Waals surface area contributed by atoms with Crippen LogP contribution in [0.15, 0.2) is 6.07 Å². The molecule has 2 aromatic heterocycles. The number of aliphatic hydroxyl groups is 1. The highest BCUT2D eigenvalue weighted by atomic mass is 35.5. The van der Waals surface area contributed by atoms with E-state index in [1.54, 1.807) is 11.3 Å². The number of halogens is 1. The highest BCUT2D eigenvalue weighted by Gasteiger charge is 2.34. The molecule has 6 heteroatoms. The number of hydrogen-bond acceptors (Lipinski definition) is 5. The van der Waals surface area contributed by atoms with Gasteiger partial charge in [0.1, 0.15) is 10.6 Å². The Hall–Kier alpha value is -0.910. The Kier molecular flexibility index (Phi) is 3.84. The lowest BCUT2D eigenvalue weighted by atomic mass is 9.99. The molecule has 1 aliphatic rings. The summed E-state index contributed by atoms with van der Waals surface area (Å²) in [4.78, 5) is 10.8. The van der Waals surface area contributed by atoms with Gasteiger partial charge in [0.25, 0.3) is 0 Å². The van der Waals surface area contributed by atoms with Crippen molar-refractivity contribution < 1.29 is 5.11 Å². The maximum absolute atomic E-state index is 9.73. The van der Waals surface area contributed by atoms with Gasteiger partial charge in [-0.2, -0.15) is 0 Å². The molecule has 0 bridgehead atoms. The fraction of sp³-hybridized carbons (Fsp3) is 0.571. The van der Waals surface area contributed by atoms with Crippen LogP contribution in [0.2, 0.25) is 5.28 Å². The fourth-order valence-corrected chi connectivity index (χ4v) is 4.03. The van der Waals surface area contributed by atoms with Gasteiger partial charge in [-0.1, -0.05) is 19.8 Å². The van der Waals surface area contributed by atoms with Crippen LogP contribution in [0, 0.1) is 0 Å². The first-order chi connectivity index (χ1) is 9.65. The number of aryl methyl sites for hydroxylation is 1. The Bertz CT molecular complexity index is 622. The Morgan fingerprint density at radius 2 is 2.15 bits per heavy atom. The molecule has 4 nitrogen and oxygen atoms in total. The summed E-state index contributed by atoms with van der Waals surface area (Å²) in [5.74, 6) is 0.756. The SMILES string of the molecule is CCc1cc2c(NC3(CO)CCCC3)nc(Cl)nc2s1. The molecule has 20 heavy (non-hydrogen) atoms. The molecule has 0 atom stereocenters. The van der Waals surface area contributed by atoms with Crippen LogP contribution in [0.5, 0.6) is 0 Å². The standard InChI is InChI=1S/C14H18ClN3OS/c1-2-9-7-10-11(16-13(15)17-12(10)20-9)18-14(8-19)5-3-4-6-14/h7,19H,2-6,8H2,1H3,(H,16,17,18). The van der Waals surface area contributed by atoms with Crippen molar-refractivity contribution >= 4 is 39.0 Å². The van der Waals surface area contributed by atoms with Crippen molar-refractivity contribution in [1.29, 1.82) is 0 Å². The zero-order valence-electron chi connectivity index (χ0n) is 11.4. The Balaban J connectivity index is 2.03. The average molecular weight is 312 g/mol. The zero-order valence-corrected chi connectivity index (χ0v) is 13.0. The summed E-state index contributed by atoms with van der Waals surface area (Å²) in [7, 11) is 0. The average Bonchev–Trinajstić information content (AvgIpc) is 3.05. The van der Waals surface area contributed by atoms with Gasteiger partial charge in [-0.15, -0.1) is 11.3 Å². The van der Waals surface area contributed by atoms with E-state index in [0.717, 1.165) is 48.1 Å². The maximum atomic E-state index is 9.73. The normalized spacial score (nSPS) is 17.8. The second kappa shape index (κ2) is 5.47. The molecule has 3 rings (SSSR count). The van der Waals surface area contributed by atoms with Crippen LogP contribution in [-0.4, -0.2) is 27.2 Å². The Morgan fingerprint density at radius 3 is 2.80 bits per heavy atom. The van der Waals surface area contributed by atoms with E-state index in [1.807, 2.05) is 0 Å². The van der Waals surface area contributed by atoms with Crippen LogP contribution >= 0.6 is 22.9 Å². The molecule has 2 heterocycles. The molecule has 0 amide bonds. The summed E-state index contributed by atoms with van der Waals surface area (Å²) >= 11 is 7.68. The van der Waals surface area contributed by atoms with Crippen molar-refractivity contribution in [2.45, 2.75) is 44.6 Å². The van der Waals surface area contributed by atoms with Crippen LogP contribution < -0.4 is 5.32 Å². The highest BCUT2D eigenvalue weighted by molar-refractivity contribution is 7.18. The summed E-state index contributed by atoms with van der Waals surface area (Å²) in [6.07, 6.45) is 5.19. The Labute approximate surface area is 127 Å². The molecule has 0 aromatic carbocycles. The molecule has 108 valence electrons. The van der Waals surface area contributed by atoms with Gasteiger partial charge in [-0.05, 0) is 36.9 Å². The molecule has 2 aromatic rings. The van der Waals surface area contributed by atoms with Gasteiger partial charge in [-0.3, -0.25) is 0 Å². The lowest BCUT2D eigenvalue weighted by Gasteiger charge is -2.28. The van der Waals surface area contributed by atoms with Crippen LogP contribution in [0.4, 0.5) is 5.82 Å². The lowest BCUT2D eigenvalue weighted by molar-refractivity contribution is 0.214. The fourth-order valence-electron chi connectivity index (χ4n) is 2.84. The van der Waals surface area contributed by atoms with Crippen molar-refractivity contribution in [3.8, 4) is 0 Å². The minimum absolute atomic E-state index is 0.126. The van der Waals surface area contributed by atoms with Crippen molar-refractivity contribution in [1.82, 2.24) is 9.97 Å². The van der Waals surface area contributed by atoms with E-state index in [4.69, 9.17) is 11.6 Å². The predicted octanol–water partition coefficient (Wildman–Crippen LogP) is 3.62. The number of aliphatic hydroxyl groups excluding tert-OH is 1. The largest absolute Gasteiger partial charge is 0.394 e. The molecule has 1 aliphatic carbocycles. The van der Waals surface area contributed by atoms with Gasteiger partial charge >= 0.3 is 0 Å². The van der Waals surface area contributed by atoms with E-state index >= 15 is 0 Å². The first-order valence-corrected chi connectivity index (χ1v) is 8.20. The number of nitrogens with one attached hydrogen (secondary N) is 1. The quantitative estimate of drug-likeness (QED) is 0.847. The van der Waals surface area contributed by atoms with Crippen LogP contribution in [0.3, 0.4) is 0 Å². The summed E-state index contributed by atoms with van der Waals surface area (Å²) in [6, 6.07) is 2.12. The highest BCUT2D eigenvalue weighted by Crippen LogP contribution is 2.36. The van der Waals surface area contributed by atoms with Gasteiger partial charge in [0.2, 0.25) is 5.28 Å². The summed E-state index contributed by atoms with van der Waals surface area (Å²) in [6.45, 7) is 2.25. The van der Waals surface area contributed by atoms with Crippen molar-refractivity contribution in [3.63, 3.8) is 0 Å². The number of rotatable bonds is 4. The molecule has 0 unspecified atom stereocenters. The number of nitrogens with zero attached hydrogens (tertiary/aromatic N) is 2. The second-order valence-electron chi connectivity index (χ2n) is 5.40. The Morgan fingerprint density at radius 1 is 1.40 bits per heavy atom. The molecular weight excluding hydrogens is 294 g/mol. The van der Waals surface area contributed by atoms with E-state index in [-0.39, 0.29) is 17.4 Å². The van der Waals surface area contributed by atoms with E-state index in [0.29, 0.717) is 0 Å². The van der Waals surface area contributed by atoms with E-state index in [9.17, 15) is 5.11 Å². The number of aromatic nitrogens is 2. The molecule has 0 aliphatic heterocycles.